The molecule has 0 saturated heterocycles. The van der Waals surface area contributed by atoms with Crippen molar-refractivity contribution in [3.05, 3.63) is 0 Å². The van der Waals surface area contributed by atoms with Gasteiger partial charge in [0.2, 0.25) is 5.91 Å². The van der Waals surface area contributed by atoms with Crippen LogP contribution in [-0.4, -0.2) is 54.5 Å². The molecule has 2 atom stereocenters. The predicted molar refractivity (Wildman–Crippen MR) is 78.9 cm³/mol. The molecule has 6 nitrogen and oxygen atoms in total. The van der Waals surface area contributed by atoms with Crippen molar-refractivity contribution in [2.75, 3.05) is 26.9 Å². The van der Waals surface area contributed by atoms with Crippen LogP contribution in [-0.2, 0) is 18.4 Å². The third-order valence-electron chi connectivity index (χ3n) is 3.25. The highest BCUT2D eigenvalue weighted by atomic mass is 31.2. The number of nitrogens with zero attached hydrogens (tertiary/aromatic N) is 1. The van der Waals surface area contributed by atoms with Crippen molar-refractivity contribution in [2.24, 2.45) is 0 Å². The maximum atomic E-state index is 12.5. The third kappa shape index (κ3) is 5.52. The molecule has 0 rings (SSSR count). The Morgan fingerprint density at radius 1 is 1.25 bits per heavy atom. The molecule has 20 heavy (non-hydrogen) atoms. The van der Waals surface area contributed by atoms with E-state index in [1.165, 1.54) is 4.90 Å². The summed E-state index contributed by atoms with van der Waals surface area (Å²) in [5, 5.41) is 9.21. The Morgan fingerprint density at radius 2 is 1.75 bits per heavy atom. The average molecular weight is 309 g/mol. The van der Waals surface area contributed by atoms with Gasteiger partial charge in [0, 0.05) is 13.5 Å². The second-order valence-corrected chi connectivity index (χ2v) is 7.16. The number of hydrogen-bond acceptors (Lipinski definition) is 5. The van der Waals surface area contributed by atoms with Crippen LogP contribution in [0.15, 0.2) is 0 Å². The Bertz CT molecular complexity index is 323. The lowest BCUT2D eigenvalue weighted by Crippen LogP contribution is -2.40. The Balaban J connectivity index is 4.74. The molecule has 0 radical (unpaired) electrons. The number of amides is 1. The first-order chi connectivity index (χ1) is 9.36. The van der Waals surface area contributed by atoms with E-state index < -0.39 is 13.3 Å². The Kier molecular flexibility index (Phi) is 9.30. The minimum atomic E-state index is -3.26. The normalized spacial score (nSPS) is 14.9. The second kappa shape index (κ2) is 9.50. The van der Waals surface area contributed by atoms with E-state index in [9.17, 15) is 14.5 Å². The summed E-state index contributed by atoms with van der Waals surface area (Å²) >= 11 is 0. The zero-order valence-corrected chi connectivity index (χ0v) is 14.1. The highest BCUT2D eigenvalue weighted by Gasteiger charge is 2.34. The molecule has 7 heteroatoms. The molecular weight excluding hydrogens is 281 g/mol. The minimum Gasteiger partial charge on any atom is -0.394 e. The molecule has 2 unspecified atom stereocenters. The Morgan fingerprint density at radius 3 is 2.10 bits per heavy atom. The first-order valence-electron chi connectivity index (χ1n) is 7.11. The topological polar surface area (TPSA) is 76.1 Å². The van der Waals surface area contributed by atoms with Crippen LogP contribution in [0, 0.1) is 0 Å². The van der Waals surface area contributed by atoms with Crippen molar-refractivity contribution in [1.29, 1.82) is 0 Å². The fraction of sp³-hybridized carbons (Fsp3) is 0.923. The first kappa shape index (κ1) is 19.6. The molecule has 0 aliphatic heterocycles. The molecule has 0 saturated carbocycles. The maximum absolute atomic E-state index is 12.5. The van der Waals surface area contributed by atoms with Gasteiger partial charge in [-0.1, -0.05) is 13.8 Å². The summed E-state index contributed by atoms with van der Waals surface area (Å²) in [5.41, 5.74) is -0.506. The van der Waals surface area contributed by atoms with Crippen LogP contribution < -0.4 is 0 Å². The molecule has 0 aromatic heterocycles. The molecule has 0 aromatic rings. The summed E-state index contributed by atoms with van der Waals surface area (Å²) in [6.45, 7) is 7.55. The lowest BCUT2D eigenvalue weighted by molar-refractivity contribution is -0.132. The maximum Gasteiger partial charge on any atom is 0.333 e. The molecule has 0 aliphatic rings. The van der Waals surface area contributed by atoms with Crippen LogP contribution in [0.5, 0.6) is 0 Å². The molecule has 0 aliphatic carbocycles. The van der Waals surface area contributed by atoms with E-state index in [4.69, 9.17) is 9.05 Å². The summed E-state index contributed by atoms with van der Waals surface area (Å²) in [6, 6.07) is -0.215. The minimum absolute atomic E-state index is 0.0737. The van der Waals surface area contributed by atoms with Gasteiger partial charge in [0.25, 0.3) is 0 Å². The van der Waals surface area contributed by atoms with E-state index >= 15 is 0 Å². The van der Waals surface area contributed by atoms with Crippen molar-refractivity contribution in [2.45, 2.75) is 52.2 Å². The molecule has 0 fully saturated rings. The summed E-state index contributed by atoms with van der Waals surface area (Å²) < 4.78 is 23.0. The number of aliphatic hydroxyl groups excluding tert-OH is 1. The Labute approximate surface area is 122 Å². The van der Waals surface area contributed by atoms with E-state index in [1.54, 1.807) is 27.8 Å². The summed E-state index contributed by atoms with van der Waals surface area (Å²) in [5.74, 6) is -0.168. The molecule has 0 spiro atoms. The fourth-order valence-electron chi connectivity index (χ4n) is 1.89. The van der Waals surface area contributed by atoms with Crippen LogP contribution in [0.25, 0.3) is 0 Å². The molecule has 1 N–H and O–H groups in total. The monoisotopic (exact) mass is 309 g/mol. The van der Waals surface area contributed by atoms with Gasteiger partial charge < -0.3 is 19.1 Å². The number of aliphatic hydroxyl groups is 1. The van der Waals surface area contributed by atoms with Gasteiger partial charge in [-0.15, -0.1) is 0 Å². The van der Waals surface area contributed by atoms with Gasteiger partial charge in [-0.2, -0.15) is 0 Å². The molecule has 0 aromatic carbocycles. The van der Waals surface area contributed by atoms with Gasteiger partial charge >= 0.3 is 7.60 Å². The van der Waals surface area contributed by atoms with Gasteiger partial charge in [-0.3, -0.25) is 9.36 Å². The van der Waals surface area contributed by atoms with Crippen molar-refractivity contribution in [3.8, 4) is 0 Å². The number of likely N-dealkylation sites (N-methyl/N-ethyl adjacent to an activating group) is 1. The third-order valence-corrected chi connectivity index (χ3v) is 5.75. The zero-order valence-electron chi connectivity index (χ0n) is 13.2. The largest absolute Gasteiger partial charge is 0.394 e. The number of carbonyl (C=O) groups excluding carboxylic acids is 1. The second-order valence-electron chi connectivity index (χ2n) is 4.68. The average Bonchev–Trinajstić information content (AvgIpc) is 2.40. The first-order valence-corrected chi connectivity index (χ1v) is 8.72. The SMILES string of the molecule is CCOP(=O)(OCC)C(C)CC(=O)N(C)C(CC)CO. The van der Waals surface area contributed by atoms with Crippen LogP contribution in [0.1, 0.15) is 40.5 Å². The van der Waals surface area contributed by atoms with Crippen molar-refractivity contribution in [3.63, 3.8) is 0 Å². The summed E-state index contributed by atoms with van der Waals surface area (Å²) in [4.78, 5) is 13.6. The fourth-order valence-corrected chi connectivity index (χ4v) is 3.57. The standard InChI is InChI=1S/C13H28NO5P/c1-6-12(10-15)14(5)13(16)9-11(4)20(17,18-7-2)19-8-3/h11-12,15H,6-10H2,1-5H3. The number of rotatable bonds is 10. The van der Waals surface area contributed by atoms with E-state index in [0.717, 1.165) is 0 Å². The summed E-state index contributed by atoms with van der Waals surface area (Å²) in [6.07, 6.45) is 0.742. The van der Waals surface area contributed by atoms with Gasteiger partial charge in [0.1, 0.15) is 0 Å². The number of hydrogen-bond donors (Lipinski definition) is 1. The van der Waals surface area contributed by atoms with E-state index in [2.05, 4.69) is 0 Å². The number of carbonyl (C=O) groups is 1. The Hall–Kier alpha value is -0.420. The van der Waals surface area contributed by atoms with Gasteiger partial charge in [-0.05, 0) is 20.3 Å². The predicted octanol–water partition coefficient (Wildman–Crippen LogP) is 2.26. The van der Waals surface area contributed by atoms with Gasteiger partial charge in [0.15, 0.2) is 0 Å². The quantitative estimate of drug-likeness (QED) is 0.626. The smallest absolute Gasteiger partial charge is 0.333 e. The van der Waals surface area contributed by atoms with E-state index in [1.807, 2.05) is 6.92 Å². The summed E-state index contributed by atoms with van der Waals surface area (Å²) in [7, 11) is -1.62. The van der Waals surface area contributed by atoms with Gasteiger partial charge in [-0.25, -0.2) is 0 Å². The lowest BCUT2D eigenvalue weighted by Gasteiger charge is -2.28. The van der Waals surface area contributed by atoms with Gasteiger partial charge in [0.05, 0.1) is 31.5 Å². The van der Waals surface area contributed by atoms with Crippen molar-refractivity contribution in [1.82, 2.24) is 4.90 Å². The molecular formula is C13H28NO5P. The van der Waals surface area contributed by atoms with Crippen molar-refractivity contribution < 1.29 is 23.5 Å². The van der Waals surface area contributed by atoms with Crippen LogP contribution >= 0.6 is 7.60 Å². The van der Waals surface area contributed by atoms with E-state index in [0.29, 0.717) is 6.42 Å². The van der Waals surface area contributed by atoms with E-state index in [-0.39, 0.29) is 38.2 Å². The highest BCUT2D eigenvalue weighted by molar-refractivity contribution is 7.54. The molecule has 0 bridgehead atoms. The van der Waals surface area contributed by atoms with Crippen molar-refractivity contribution >= 4 is 13.5 Å². The van der Waals surface area contributed by atoms with Crippen LogP contribution in [0.3, 0.4) is 0 Å². The molecule has 0 heterocycles. The van der Waals surface area contributed by atoms with Crippen LogP contribution in [0.2, 0.25) is 0 Å². The molecule has 1 amide bonds. The zero-order chi connectivity index (χ0) is 15.8. The van der Waals surface area contributed by atoms with Crippen LogP contribution in [0.4, 0.5) is 0 Å². The molecule has 120 valence electrons. The lowest BCUT2D eigenvalue weighted by atomic mass is 10.2. The highest BCUT2D eigenvalue weighted by Crippen LogP contribution is 2.54.